The van der Waals surface area contributed by atoms with Crippen LogP contribution in [0.3, 0.4) is 0 Å². The van der Waals surface area contributed by atoms with Gasteiger partial charge in [-0.15, -0.1) is 0 Å². The van der Waals surface area contributed by atoms with Crippen molar-refractivity contribution < 1.29 is 32.3 Å². The summed E-state index contributed by atoms with van der Waals surface area (Å²) in [6.07, 6.45) is 12.6. The topological polar surface area (TPSA) is 157 Å². The number of nitrogens with zero attached hydrogens (tertiary/aromatic N) is 3. The number of Topliss-reactive ketones (excluding diaryl/α,β-unsaturated/α-hetero) is 1. The van der Waals surface area contributed by atoms with Crippen molar-refractivity contribution >= 4 is 51.0 Å². The maximum Gasteiger partial charge on any atom is 0.418 e. The molecule has 2 heterocycles. The molecule has 1 fully saturated rings. The van der Waals surface area contributed by atoms with Crippen molar-refractivity contribution in [1.29, 1.82) is 0 Å². The zero-order valence-corrected chi connectivity index (χ0v) is 27.3. The van der Waals surface area contributed by atoms with Crippen molar-refractivity contribution in [2.45, 2.75) is 102 Å². The number of cyclic esters (lactones) is 1. The molecule has 44 heavy (non-hydrogen) atoms. The van der Waals surface area contributed by atoms with Gasteiger partial charge >= 0.3 is 6.09 Å². The van der Waals surface area contributed by atoms with Crippen LogP contribution in [-0.4, -0.2) is 64.7 Å². The van der Waals surface area contributed by atoms with E-state index in [0.717, 1.165) is 25.3 Å². The number of anilines is 1. The third kappa shape index (κ3) is 8.89. The van der Waals surface area contributed by atoms with Crippen LogP contribution in [0.5, 0.6) is 0 Å². The fourth-order valence-electron chi connectivity index (χ4n) is 4.87. The Morgan fingerprint density at radius 3 is 2.18 bits per heavy atom. The predicted octanol–water partition coefficient (Wildman–Crippen LogP) is 5.22. The number of aromatic nitrogens is 2. The van der Waals surface area contributed by atoms with Gasteiger partial charge in [0.25, 0.3) is 11.8 Å². The summed E-state index contributed by atoms with van der Waals surface area (Å²) in [5, 5.41) is 2.41. The second-order valence-corrected chi connectivity index (χ2v) is 13.6. The molecule has 242 valence electrons. The van der Waals surface area contributed by atoms with Gasteiger partial charge in [0.2, 0.25) is 15.8 Å². The number of hydrogen-bond donors (Lipinski definition) is 2. The first-order valence-electron chi connectivity index (χ1n) is 15.0. The second-order valence-electron chi connectivity index (χ2n) is 11.4. The molecular weight excluding hydrogens is 610 g/mol. The van der Waals surface area contributed by atoms with Gasteiger partial charge in [0.05, 0.1) is 28.1 Å². The molecule has 0 saturated carbocycles. The fraction of sp³-hybridized carbons (Fsp3) is 0.567. The van der Waals surface area contributed by atoms with Crippen LogP contribution in [0.4, 0.5) is 10.5 Å². The van der Waals surface area contributed by atoms with Gasteiger partial charge in [0.15, 0.2) is 11.6 Å². The van der Waals surface area contributed by atoms with Crippen LogP contribution in [-0.2, 0) is 31.4 Å². The molecule has 1 aliphatic rings. The van der Waals surface area contributed by atoms with Crippen LogP contribution in [0.1, 0.15) is 95.5 Å². The van der Waals surface area contributed by atoms with E-state index in [2.05, 4.69) is 21.9 Å². The number of unbranched alkanes of at least 4 members (excludes halogenated alkanes) is 9. The van der Waals surface area contributed by atoms with Gasteiger partial charge in [0.1, 0.15) is 5.69 Å². The molecule has 2 aromatic rings. The third-order valence-corrected chi connectivity index (χ3v) is 9.21. The predicted molar refractivity (Wildman–Crippen MR) is 166 cm³/mol. The number of ketones is 1. The van der Waals surface area contributed by atoms with Crippen molar-refractivity contribution in [3.63, 3.8) is 0 Å². The maximum atomic E-state index is 13.6. The van der Waals surface area contributed by atoms with Crippen molar-refractivity contribution in [2.75, 3.05) is 11.9 Å². The number of amides is 3. The minimum absolute atomic E-state index is 0.0191. The van der Waals surface area contributed by atoms with Gasteiger partial charge in [-0.3, -0.25) is 14.4 Å². The van der Waals surface area contributed by atoms with Gasteiger partial charge < -0.3 is 14.6 Å². The van der Waals surface area contributed by atoms with Gasteiger partial charge in [-0.25, -0.2) is 27.8 Å². The molecule has 0 radical (unpaired) electrons. The highest BCUT2D eigenvalue weighted by molar-refractivity contribution is 7.89. The normalized spacial score (nSPS) is 15.3. The van der Waals surface area contributed by atoms with Gasteiger partial charge in [-0.1, -0.05) is 76.3 Å². The fourth-order valence-corrected chi connectivity index (χ4v) is 6.13. The molecule has 2 N–H and O–H groups in total. The number of aryl methyl sites for hydroxylation is 1. The Bertz CT molecular complexity index is 1460. The summed E-state index contributed by atoms with van der Waals surface area (Å²) >= 11 is 6.28. The summed E-state index contributed by atoms with van der Waals surface area (Å²) < 4.78 is 35.0. The van der Waals surface area contributed by atoms with E-state index in [0.29, 0.717) is 11.3 Å². The Morgan fingerprint density at radius 1 is 1.02 bits per heavy atom. The van der Waals surface area contributed by atoms with E-state index >= 15 is 0 Å². The average molecular weight is 652 g/mol. The number of sulfonamides is 1. The number of benzene rings is 1. The minimum atomic E-state index is -3.95. The SMILES string of the molecule is CCCCCCCCCCCCNS(=O)(=O)c1ccc(Cl)c(NC(=O)C(C(=O)c2cncn2C)N2C(=O)OC(C)(C)C2=O)c1. The van der Waals surface area contributed by atoms with E-state index in [-0.39, 0.29) is 27.8 Å². The van der Waals surface area contributed by atoms with Crippen LogP contribution in [0.2, 0.25) is 5.02 Å². The van der Waals surface area contributed by atoms with Gasteiger partial charge in [-0.2, -0.15) is 0 Å². The molecule has 0 spiro atoms. The van der Waals surface area contributed by atoms with Crippen LogP contribution in [0.25, 0.3) is 0 Å². The molecule has 3 amide bonds. The van der Waals surface area contributed by atoms with E-state index in [4.69, 9.17) is 16.3 Å². The van der Waals surface area contributed by atoms with Crippen LogP contribution < -0.4 is 10.0 Å². The van der Waals surface area contributed by atoms with Gasteiger partial charge in [0, 0.05) is 13.6 Å². The molecule has 0 bridgehead atoms. The molecule has 0 aliphatic carbocycles. The Morgan fingerprint density at radius 2 is 1.64 bits per heavy atom. The highest BCUT2D eigenvalue weighted by Gasteiger charge is 2.54. The molecular formula is C30H42ClN5O7S. The molecule has 1 aliphatic heterocycles. The molecule has 1 unspecified atom stereocenters. The third-order valence-electron chi connectivity index (χ3n) is 7.43. The lowest BCUT2D eigenvalue weighted by molar-refractivity contribution is -0.137. The number of carbonyl (C=O) groups excluding carboxylic acids is 4. The number of hydrogen-bond acceptors (Lipinski definition) is 8. The van der Waals surface area contributed by atoms with Crippen molar-refractivity contribution in [3.05, 3.63) is 41.4 Å². The molecule has 14 heteroatoms. The Balaban J connectivity index is 1.68. The van der Waals surface area contributed by atoms with E-state index in [1.807, 2.05) is 0 Å². The molecule has 12 nitrogen and oxygen atoms in total. The molecule has 3 rings (SSSR count). The lowest BCUT2D eigenvalue weighted by Crippen LogP contribution is -2.53. The lowest BCUT2D eigenvalue weighted by Gasteiger charge is -2.23. The number of rotatable bonds is 18. The van der Waals surface area contributed by atoms with Crippen LogP contribution in [0, 0.1) is 0 Å². The smallest absolute Gasteiger partial charge is 0.418 e. The molecule has 1 saturated heterocycles. The Labute approximate surface area is 263 Å². The van der Waals surface area contributed by atoms with E-state index < -0.39 is 45.4 Å². The zero-order chi connectivity index (χ0) is 32.5. The second kappa shape index (κ2) is 15.6. The van der Waals surface area contributed by atoms with Crippen LogP contribution >= 0.6 is 11.6 Å². The quantitative estimate of drug-likeness (QED) is 0.126. The molecule has 1 aromatic heterocycles. The summed E-state index contributed by atoms with van der Waals surface area (Å²) in [6, 6.07) is 1.77. The number of imide groups is 1. The van der Waals surface area contributed by atoms with Crippen molar-refractivity contribution in [2.24, 2.45) is 7.05 Å². The zero-order valence-electron chi connectivity index (χ0n) is 25.7. The maximum absolute atomic E-state index is 13.6. The highest BCUT2D eigenvalue weighted by Crippen LogP contribution is 2.29. The summed E-state index contributed by atoms with van der Waals surface area (Å²) in [7, 11) is -2.44. The number of halogens is 1. The first-order valence-corrected chi connectivity index (χ1v) is 16.8. The number of nitrogens with one attached hydrogen (secondary N) is 2. The summed E-state index contributed by atoms with van der Waals surface area (Å²) in [6.45, 7) is 5.12. The standard InChI is InChI=1S/C30H42ClN5O7S/c1-5-6-7-8-9-10-11-12-13-14-17-33-44(41,42)21-15-16-22(31)23(18-21)34-27(38)25(26(37)24-19-32-20-35(24)4)36-28(39)30(2,3)43-29(36)40/h15-16,18-20,25,33H,5-14,17H2,1-4H3,(H,34,38). The number of ether oxygens (including phenoxy) is 1. The summed E-state index contributed by atoms with van der Waals surface area (Å²) in [5.41, 5.74) is -1.77. The van der Waals surface area contributed by atoms with E-state index in [1.165, 1.54) is 88.6 Å². The first kappa shape index (κ1) is 35.2. The highest BCUT2D eigenvalue weighted by atomic mass is 35.5. The first-order chi connectivity index (χ1) is 20.8. The summed E-state index contributed by atoms with van der Waals surface area (Å²) in [5.74, 6) is -2.88. The Hall–Kier alpha value is -3.29. The number of carbonyl (C=O) groups is 4. The van der Waals surface area contributed by atoms with E-state index in [9.17, 15) is 27.6 Å². The van der Waals surface area contributed by atoms with Crippen LogP contribution in [0.15, 0.2) is 35.6 Å². The molecule has 1 aromatic carbocycles. The van der Waals surface area contributed by atoms with E-state index in [1.54, 1.807) is 0 Å². The number of imidazole rings is 1. The Kier molecular flexibility index (Phi) is 12.5. The van der Waals surface area contributed by atoms with Crippen molar-refractivity contribution in [1.82, 2.24) is 19.2 Å². The van der Waals surface area contributed by atoms with Crippen molar-refractivity contribution in [3.8, 4) is 0 Å². The minimum Gasteiger partial charge on any atom is -0.433 e. The lowest BCUT2D eigenvalue weighted by atomic mass is 10.0. The summed E-state index contributed by atoms with van der Waals surface area (Å²) in [4.78, 5) is 56.9. The monoisotopic (exact) mass is 651 g/mol. The van der Waals surface area contributed by atoms with Gasteiger partial charge in [-0.05, 0) is 38.5 Å². The molecule has 1 atom stereocenters. The largest absolute Gasteiger partial charge is 0.433 e. The average Bonchev–Trinajstić information content (AvgIpc) is 3.47.